The number of hydrogen-bond acceptors (Lipinski definition) is 8. The predicted octanol–water partition coefficient (Wildman–Crippen LogP) is 6.66. The minimum absolute atomic E-state index is 0.0635. The van der Waals surface area contributed by atoms with Gasteiger partial charge in [0.25, 0.3) is 0 Å². The third-order valence-corrected chi connectivity index (χ3v) is 6.92. The number of hydrogen-bond donors (Lipinski definition) is 3. The minimum atomic E-state index is -0.789. The second kappa shape index (κ2) is 17.4. The Hall–Kier alpha value is -3.17. The molecule has 3 N–H and O–H groups in total. The van der Waals surface area contributed by atoms with Crippen molar-refractivity contribution in [3.8, 4) is 11.5 Å². The molecule has 0 saturated heterocycles. The average molecular weight is 543 g/mol. The molecule has 1 aliphatic rings. The van der Waals surface area contributed by atoms with Crippen molar-refractivity contribution in [3.63, 3.8) is 0 Å². The molecule has 0 bridgehead atoms. The lowest BCUT2D eigenvalue weighted by Crippen LogP contribution is -2.23. The topological polar surface area (TPSA) is 115 Å². The van der Waals surface area contributed by atoms with E-state index in [2.05, 4.69) is 42.1 Å². The number of aliphatic hydroxyl groups is 2. The Balaban J connectivity index is 0.000000976. The third kappa shape index (κ3) is 10.8. The van der Waals surface area contributed by atoms with E-state index in [1.54, 1.807) is 19.1 Å². The van der Waals surface area contributed by atoms with Crippen molar-refractivity contribution >= 4 is 5.97 Å². The average Bonchev–Trinajstić information content (AvgIpc) is 2.96. The van der Waals surface area contributed by atoms with Gasteiger partial charge in [-0.1, -0.05) is 69.2 Å². The van der Waals surface area contributed by atoms with E-state index in [1.807, 2.05) is 24.3 Å². The summed E-state index contributed by atoms with van der Waals surface area (Å²) in [6.07, 6.45) is 8.14. The quantitative estimate of drug-likeness (QED) is 0.0846. The summed E-state index contributed by atoms with van der Waals surface area (Å²) < 4.78 is 0. The zero-order chi connectivity index (χ0) is 28.6. The molecule has 3 atom stereocenters. The van der Waals surface area contributed by atoms with Crippen LogP contribution in [0.25, 0.3) is 0 Å². The molecule has 1 aliphatic carbocycles. The molecule has 1 fully saturated rings. The second-order valence-corrected chi connectivity index (χ2v) is 10.00. The Morgan fingerprint density at radius 2 is 1.49 bits per heavy atom. The van der Waals surface area contributed by atoms with Crippen molar-refractivity contribution in [2.45, 2.75) is 70.6 Å². The highest BCUT2D eigenvalue weighted by Gasteiger charge is 2.32. The van der Waals surface area contributed by atoms with Crippen molar-refractivity contribution in [2.75, 3.05) is 13.2 Å². The van der Waals surface area contributed by atoms with Gasteiger partial charge in [0, 0.05) is 0 Å². The molecule has 39 heavy (non-hydrogen) atoms. The summed E-state index contributed by atoms with van der Waals surface area (Å²) in [4.78, 5) is 26.0. The van der Waals surface area contributed by atoms with Crippen LogP contribution in [-0.2, 0) is 14.7 Å². The molecule has 0 spiro atoms. The van der Waals surface area contributed by atoms with E-state index in [-0.39, 0.29) is 12.2 Å². The Morgan fingerprint density at radius 1 is 0.897 bits per heavy atom. The molecule has 3 rings (SSSR count). The lowest BCUT2D eigenvalue weighted by atomic mass is 9.68. The summed E-state index contributed by atoms with van der Waals surface area (Å²) in [7, 11) is 0. The molecule has 8 nitrogen and oxygen atoms in total. The second-order valence-electron chi connectivity index (χ2n) is 10.00. The molecule has 8 heteroatoms. The lowest BCUT2D eigenvalue weighted by Gasteiger charge is -2.37. The fourth-order valence-electron chi connectivity index (χ4n) is 4.80. The normalized spacial score (nSPS) is 18.3. The molecular weight excluding hydrogens is 500 g/mol. The first-order valence-corrected chi connectivity index (χ1v) is 13.4. The van der Waals surface area contributed by atoms with Gasteiger partial charge in [-0.25, -0.2) is 14.9 Å². The van der Waals surface area contributed by atoms with Crippen molar-refractivity contribution in [1.82, 2.24) is 0 Å². The summed E-state index contributed by atoms with van der Waals surface area (Å²) in [6, 6.07) is 15.4. The Labute approximate surface area is 231 Å². The van der Waals surface area contributed by atoms with Gasteiger partial charge in [0.05, 0.1) is 18.8 Å². The first-order valence-electron chi connectivity index (χ1n) is 13.4. The van der Waals surface area contributed by atoms with Crippen molar-refractivity contribution in [3.05, 3.63) is 84.0 Å². The molecule has 0 heterocycles. The minimum Gasteiger partial charge on any atom is -0.392 e. The number of unbranched alkanes of at least 4 members (excludes halogenated alkanes) is 2. The molecule has 2 aromatic carbocycles. The molecule has 3 unspecified atom stereocenters. The number of carbonyl (C=O) groups is 1. The fourth-order valence-corrected chi connectivity index (χ4v) is 4.80. The smallest absolute Gasteiger partial charge is 0.383 e. The maximum absolute atomic E-state index is 11.6. The molecule has 0 radical (unpaired) electrons. The van der Waals surface area contributed by atoms with Crippen LogP contribution in [0.15, 0.2) is 72.8 Å². The summed E-state index contributed by atoms with van der Waals surface area (Å²) in [5.41, 5.74) is 3.29. The molecule has 1 saturated carbocycles. The molecule has 0 amide bonds. The molecular formula is C31H42O8. The number of aliphatic hydroxyl groups excluding tert-OH is 2. The van der Waals surface area contributed by atoms with Gasteiger partial charge in [-0.3, -0.25) is 4.89 Å². The van der Waals surface area contributed by atoms with Crippen LogP contribution in [-0.4, -0.2) is 34.7 Å². The van der Waals surface area contributed by atoms with Gasteiger partial charge in [-0.15, -0.1) is 0 Å². The zero-order valence-electron chi connectivity index (χ0n) is 23.0. The number of carbonyl (C=O) groups excluding carboxylic acids is 1. The molecule has 2 aromatic rings. The van der Waals surface area contributed by atoms with Gasteiger partial charge in [-0.2, -0.15) is 0 Å². The maximum Gasteiger partial charge on any atom is 0.383 e. The monoisotopic (exact) mass is 542 g/mol. The first-order chi connectivity index (χ1) is 18.8. The van der Waals surface area contributed by atoms with Crippen molar-refractivity contribution in [1.29, 1.82) is 0 Å². The lowest BCUT2D eigenvalue weighted by molar-refractivity contribution is -0.438. The molecule has 0 aromatic heterocycles. The summed E-state index contributed by atoms with van der Waals surface area (Å²) in [6.45, 7) is 10.5. The fraction of sp³-hybridized carbons (Fsp3) is 0.452. The maximum atomic E-state index is 11.6. The van der Waals surface area contributed by atoms with E-state index in [0.717, 1.165) is 24.8 Å². The van der Waals surface area contributed by atoms with E-state index < -0.39 is 12.6 Å². The van der Waals surface area contributed by atoms with Crippen LogP contribution in [0.1, 0.15) is 81.8 Å². The molecule has 0 aliphatic heterocycles. The largest absolute Gasteiger partial charge is 0.392 e. The van der Waals surface area contributed by atoms with Gasteiger partial charge in [0.15, 0.2) is 11.5 Å². The van der Waals surface area contributed by atoms with Crippen molar-refractivity contribution in [2.24, 2.45) is 5.92 Å². The summed E-state index contributed by atoms with van der Waals surface area (Å²) in [5.74, 6) is 1.62. The highest BCUT2D eigenvalue weighted by atomic mass is 17.5. The van der Waals surface area contributed by atoms with E-state index in [1.165, 1.54) is 36.8 Å². The van der Waals surface area contributed by atoms with E-state index in [4.69, 9.17) is 25.2 Å². The Morgan fingerprint density at radius 3 is 2.03 bits per heavy atom. The third-order valence-electron chi connectivity index (χ3n) is 6.92. The van der Waals surface area contributed by atoms with Crippen LogP contribution < -0.4 is 9.78 Å². The van der Waals surface area contributed by atoms with Gasteiger partial charge >= 0.3 is 5.97 Å². The van der Waals surface area contributed by atoms with Crippen LogP contribution in [0, 0.1) is 5.92 Å². The van der Waals surface area contributed by atoms with Gasteiger partial charge < -0.3 is 15.1 Å². The Bertz CT molecular complexity index is 1020. The standard InChI is InChI=1S/C27H34O7.C4H8O/c1-3-4-5-6-23-17-22(11-16-26(23)21-9-14-25(15-10-21)32-34-30)20-7-12-24(13-8-20)31-33-27(29)19(2)18-28;1-4(2)3-5/h7-10,12-15,22-23,26,28,30H,2-6,11,16-18H2,1H3;5H,1,3H2,2H3. The van der Waals surface area contributed by atoms with Gasteiger partial charge in [0.1, 0.15) is 0 Å². The summed E-state index contributed by atoms with van der Waals surface area (Å²) in [5, 5.41) is 29.2. The zero-order valence-corrected chi connectivity index (χ0v) is 23.0. The highest BCUT2D eigenvalue weighted by Crippen LogP contribution is 2.46. The van der Waals surface area contributed by atoms with E-state index >= 15 is 0 Å². The van der Waals surface area contributed by atoms with Gasteiger partial charge in [-0.05, 0) is 90.8 Å². The highest BCUT2D eigenvalue weighted by molar-refractivity contribution is 5.87. The number of benzene rings is 2. The van der Waals surface area contributed by atoms with Crippen LogP contribution in [0.3, 0.4) is 0 Å². The predicted molar refractivity (Wildman–Crippen MR) is 149 cm³/mol. The first kappa shape index (κ1) is 32.0. The van der Waals surface area contributed by atoms with Crippen molar-refractivity contribution < 1.29 is 40.0 Å². The van der Waals surface area contributed by atoms with Crippen LogP contribution in [0.2, 0.25) is 0 Å². The molecule has 214 valence electrons. The van der Waals surface area contributed by atoms with E-state index in [0.29, 0.717) is 29.3 Å². The SMILES string of the molecule is C=C(C)CO.C=C(CO)C(=O)OOc1ccc(C2CCC(c3ccc(OOO)cc3)C(CCCCC)C2)cc1. The Kier molecular flexibility index (Phi) is 14.3. The van der Waals surface area contributed by atoms with E-state index in [9.17, 15) is 4.79 Å². The van der Waals surface area contributed by atoms with Crippen LogP contribution in [0.5, 0.6) is 11.5 Å². The van der Waals surface area contributed by atoms with Crippen LogP contribution in [0.4, 0.5) is 0 Å². The van der Waals surface area contributed by atoms with Crippen LogP contribution >= 0.6 is 0 Å². The summed E-state index contributed by atoms with van der Waals surface area (Å²) >= 11 is 0. The number of rotatable bonds is 13. The van der Waals surface area contributed by atoms with Gasteiger partial charge in [0.2, 0.25) is 0 Å².